The van der Waals surface area contributed by atoms with E-state index in [2.05, 4.69) is 26.1 Å². The van der Waals surface area contributed by atoms with Gasteiger partial charge in [-0.3, -0.25) is 4.79 Å². The Balaban J connectivity index is 1.97. The van der Waals surface area contributed by atoms with E-state index in [1.807, 2.05) is 20.8 Å². The van der Waals surface area contributed by atoms with E-state index in [1.54, 1.807) is 38.1 Å². The summed E-state index contributed by atoms with van der Waals surface area (Å²) in [5.41, 5.74) is 0.662. The first-order chi connectivity index (χ1) is 11.6. The van der Waals surface area contributed by atoms with E-state index in [-0.39, 0.29) is 5.91 Å². The van der Waals surface area contributed by atoms with Crippen LogP contribution in [0.5, 0.6) is 0 Å². The largest absolute Gasteiger partial charge is 0.337 e. The van der Waals surface area contributed by atoms with E-state index < -0.39 is 17.5 Å². The smallest absolute Gasteiger partial charge is 0.319 e. The molecule has 1 heterocycles. The lowest BCUT2D eigenvalue weighted by molar-refractivity contribution is -0.123. The lowest BCUT2D eigenvalue weighted by Gasteiger charge is -2.18. The van der Waals surface area contributed by atoms with Crippen molar-refractivity contribution in [3.8, 4) is 0 Å². The van der Waals surface area contributed by atoms with Gasteiger partial charge in [0.05, 0.1) is 0 Å². The molecule has 2 aromatic rings. The average Bonchev–Trinajstić information content (AvgIpc) is 2.93. The van der Waals surface area contributed by atoms with Gasteiger partial charge in [0.25, 0.3) is 0 Å². The SMILES string of the molecule is Cc1noc([C@H](C)NC(=O)Nc2cccc(NC(=O)C(C)(C)C)c2)n1. The summed E-state index contributed by atoms with van der Waals surface area (Å²) in [6.07, 6.45) is 0. The van der Waals surface area contributed by atoms with Crippen molar-refractivity contribution in [2.75, 3.05) is 10.6 Å². The topological polar surface area (TPSA) is 109 Å². The van der Waals surface area contributed by atoms with Crippen molar-refractivity contribution in [3.05, 3.63) is 36.0 Å². The van der Waals surface area contributed by atoms with Crippen LogP contribution in [0.25, 0.3) is 0 Å². The van der Waals surface area contributed by atoms with Crippen LogP contribution in [0, 0.1) is 12.3 Å². The summed E-state index contributed by atoms with van der Waals surface area (Å²) in [7, 11) is 0. The van der Waals surface area contributed by atoms with Gasteiger partial charge in [-0.15, -0.1) is 0 Å². The highest BCUT2D eigenvalue weighted by atomic mass is 16.5. The highest BCUT2D eigenvalue weighted by molar-refractivity contribution is 5.96. The zero-order valence-corrected chi connectivity index (χ0v) is 15.0. The second kappa shape index (κ2) is 7.33. The number of nitrogens with one attached hydrogen (secondary N) is 3. The molecule has 0 spiro atoms. The van der Waals surface area contributed by atoms with Crippen LogP contribution in [0.15, 0.2) is 28.8 Å². The Morgan fingerprint density at radius 1 is 1.16 bits per heavy atom. The number of anilines is 2. The first-order valence-corrected chi connectivity index (χ1v) is 7.94. The third-order valence-corrected chi connectivity index (χ3v) is 3.32. The van der Waals surface area contributed by atoms with Crippen LogP contribution in [0.3, 0.4) is 0 Å². The number of benzene rings is 1. The molecule has 0 radical (unpaired) electrons. The number of amides is 3. The molecule has 3 N–H and O–H groups in total. The lowest BCUT2D eigenvalue weighted by Crippen LogP contribution is -2.31. The molecule has 1 atom stereocenters. The average molecular weight is 345 g/mol. The van der Waals surface area contributed by atoms with Gasteiger partial charge in [0.15, 0.2) is 5.82 Å². The van der Waals surface area contributed by atoms with Gasteiger partial charge in [-0.05, 0) is 32.0 Å². The molecule has 1 aromatic carbocycles. The Morgan fingerprint density at radius 2 is 1.80 bits per heavy atom. The van der Waals surface area contributed by atoms with Crippen LogP contribution in [0.1, 0.15) is 45.5 Å². The van der Waals surface area contributed by atoms with Crippen LogP contribution >= 0.6 is 0 Å². The number of urea groups is 1. The molecular weight excluding hydrogens is 322 g/mol. The van der Waals surface area contributed by atoms with Crippen molar-refractivity contribution in [3.63, 3.8) is 0 Å². The first kappa shape index (κ1) is 18.4. The fraction of sp³-hybridized carbons (Fsp3) is 0.412. The zero-order chi connectivity index (χ0) is 18.6. The molecule has 0 fully saturated rings. The molecule has 0 aliphatic carbocycles. The molecule has 134 valence electrons. The maximum Gasteiger partial charge on any atom is 0.319 e. The summed E-state index contributed by atoms with van der Waals surface area (Å²) in [5.74, 6) is 0.736. The Kier molecular flexibility index (Phi) is 5.41. The third-order valence-electron chi connectivity index (χ3n) is 3.32. The fourth-order valence-corrected chi connectivity index (χ4v) is 1.91. The van der Waals surface area contributed by atoms with Crippen LogP contribution < -0.4 is 16.0 Å². The summed E-state index contributed by atoms with van der Waals surface area (Å²) >= 11 is 0. The number of carbonyl (C=O) groups excluding carboxylic acids is 2. The molecular formula is C17H23N5O3. The Morgan fingerprint density at radius 3 is 2.36 bits per heavy atom. The van der Waals surface area contributed by atoms with Crippen molar-refractivity contribution in [1.82, 2.24) is 15.5 Å². The maximum absolute atomic E-state index is 12.1. The minimum Gasteiger partial charge on any atom is -0.337 e. The van der Waals surface area contributed by atoms with Crippen molar-refractivity contribution >= 4 is 23.3 Å². The van der Waals surface area contributed by atoms with E-state index in [9.17, 15) is 9.59 Å². The monoisotopic (exact) mass is 345 g/mol. The van der Waals surface area contributed by atoms with Gasteiger partial charge in [-0.25, -0.2) is 4.79 Å². The van der Waals surface area contributed by atoms with Crippen molar-refractivity contribution < 1.29 is 14.1 Å². The Hall–Kier alpha value is -2.90. The minimum atomic E-state index is -0.502. The number of carbonyl (C=O) groups is 2. The number of aromatic nitrogens is 2. The van der Waals surface area contributed by atoms with Crippen LogP contribution in [0.4, 0.5) is 16.2 Å². The minimum absolute atomic E-state index is 0.102. The standard InChI is InChI=1S/C17H23N5O3/c1-10(14-19-11(2)22-25-14)18-16(24)21-13-8-6-7-12(9-13)20-15(23)17(3,4)5/h6-10H,1-5H3,(H,20,23)(H2,18,21,24)/t10-/m0/s1. The predicted molar refractivity (Wildman–Crippen MR) is 94.1 cm³/mol. The molecule has 0 aliphatic rings. The van der Waals surface area contributed by atoms with E-state index in [4.69, 9.17) is 4.52 Å². The Labute approximate surface area is 146 Å². The van der Waals surface area contributed by atoms with E-state index in [1.165, 1.54) is 0 Å². The predicted octanol–water partition coefficient (Wildman–Crippen LogP) is 3.25. The number of nitrogens with zero attached hydrogens (tertiary/aromatic N) is 2. The van der Waals surface area contributed by atoms with Crippen molar-refractivity contribution in [2.45, 2.75) is 40.7 Å². The second-order valence-corrected chi connectivity index (χ2v) is 6.78. The molecule has 0 saturated heterocycles. The quantitative estimate of drug-likeness (QED) is 0.788. The highest BCUT2D eigenvalue weighted by Crippen LogP contribution is 2.20. The van der Waals surface area contributed by atoms with Gasteiger partial charge in [0, 0.05) is 16.8 Å². The Bertz CT molecular complexity index is 764. The molecule has 1 aromatic heterocycles. The summed E-state index contributed by atoms with van der Waals surface area (Å²) in [6, 6.07) is 6.08. The van der Waals surface area contributed by atoms with Crippen LogP contribution in [0.2, 0.25) is 0 Å². The van der Waals surface area contributed by atoms with E-state index in [0.717, 1.165) is 0 Å². The molecule has 25 heavy (non-hydrogen) atoms. The summed E-state index contributed by atoms with van der Waals surface area (Å²) in [4.78, 5) is 28.2. The second-order valence-electron chi connectivity index (χ2n) is 6.78. The van der Waals surface area contributed by atoms with E-state index >= 15 is 0 Å². The molecule has 8 heteroatoms. The van der Waals surface area contributed by atoms with Gasteiger partial charge in [-0.1, -0.05) is 32.0 Å². The van der Waals surface area contributed by atoms with Gasteiger partial charge in [0.2, 0.25) is 11.8 Å². The number of hydrogen-bond acceptors (Lipinski definition) is 5. The number of aryl methyl sites for hydroxylation is 1. The van der Waals surface area contributed by atoms with Gasteiger partial charge in [0.1, 0.15) is 6.04 Å². The van der Waals surface area contributed by atoms with Gasteiger partial charge < -0.3 is 20.5 Å². The normalized spacial score (nSPS) is 12.4. The van der Waals surface area contributed by atoms with Gasteiger partial charge >= 0.3 is 6.03 Å². The van der Waals surface area contributed by atoms with Crippen LogP contribution in [-0.4, -0.2) is 22.1 Å². The zero-order valence-electron chi connectivity index (χ0n) is 15.0. The number of hydrogen-bond donors (Lipinski definition) is 3. The lowest BCUT2D eigenvalue weighted by atomic mass is 9.95. The maximum atomic E-state index is 12.1. The fourth-order valence-electron chi connectivity index (χ4n) is 1.91. The summed E-state index contributed by atoms with van der Waals surface area (Å²) < 4.78 is 5.02. The summed E-state index contributed by atoms with van der Waals surface area (Å²) in [5, 5.41) is 11.9. The van der Waals surface area contributed by atoms with Gasteiger partial charge in [-0.2, -0.15) is 4.98 Å². The number of rotatable bonds is 4. The molecule has 8 nitrogen and oxygen atoms in total. The van der Waals surface area contributed by atoms with Crippen LogP contribution in [-0.2, 0) is 4.79 Å². The van der Waals surface area contributed by atoms with Crippen molar-refractivity contribution in [2.24, 2.45) is 5.41 Å². The molecule has 0 aliphatic heterocycles. The third kappa shape index (κ3) is 5.30. The molecule has 0 unspecified atom stereocenters. The molecule has 2 rings (SSSR count). The molecule has 3 amide bonds. The summed E-state index contributed by atoms with van der Waals surface area (Å²) in [6.45, 7) is 8.94. The highest BCUT2D eigenvalue weighted by Gasteiger charge is 2.21. The molecule has 0 saturated carbocycles. The first-order valence-electron chi connectivity index (χ1n) is 7.94. The molecule has 0 bridgehead atoms. The van der Waals surface area contributed by atoms with Crippen molar-refractivity contribution in [1.29, 1.82) is 0 Å². The van der Waals surface area contributed by atoms with E-state index in [0.29, 0.717) is 23.1 Å².